The predicted molar refractivity (Wildman–Crippen MR) is 191 cm³/mol. The van der Waals surface area contributed by atoms with Crippen LogP contribution < -0.4 is 0 Å². The van der Waals surface area contributed by atoms with E-state index >= 15 is 0 Å². The molecule has 4 heterocycles. The van der Waals surface area contributed by atoms with Crippen molar-refractivity contribution in [2.75, 3.05) is 59.6 Å². The molecule has 2 bridgehead atoms. The van der Waals surface area contributed by atoms with Crippen molar-refractivity contribution in [1.29, 1.82) is 0 Å². The molecule has 4 saturated heterocycles. The fourth-order valence-electron chi connectivity index (χ4n) is 8.45. The van der Waals surface area contributed by atoms with Crippen molar-refractivity contribution >= 4 is 23.7 Å². The molecule has 0 radical (unpaired) electrons. The maximum atomic E-state index is 14.8. The Morgan fingerprint density at radius 3 is 2.45 bits per heavy atom. The molecule has 0 aliphatic carbocycles. The third kappa shape index (κ3) is 7.65. The fourth-order valence-corrected chi connectivity index (χ4v) is 8.45. The van der Waals surface area contributed by atoms with Gasteiger partial charge in [0, 0.05) is 46.2 Å². The van der Waals surface area contributed by atoms with E-state index in [9.17, 15) is 24.3 Å². The summed E-state index contributed by atoms with van der Waals surface area (Å²) in [5, 5.41) is 10.6. The Morgan fingerprint density at radius 1 is 1.12 bits per heavy atom. The molecule has 0 unspecified atom stereocenters. The zero-order chi connectivity index (χ0) is 36.9. The van der Waals surface area contributed by atoms with Crippen molar-refractivity contribution in [3.8, 4) is 0 Å². The van der Waals surface area contributed by atoms with Crippen LogP contribution in [0.5, 0.6) is 0 Å². The number of carbonyl (C=O) groups is 4. The maximum absolute atomic E-state index is 14.8. The van der Waals surface area contributed by atoms with Gasteiger partial charge in [0.2, 0.25) is 17.7 Å². The average Bonchev–Trinajstić information content (AvgIpc) is 3.78. The van der Waals surface area contributed by atoms with Crippen molar-refractivity contribution in [1.82, 2.24) is 19.6 Å². The molecule has 1 spiro atoms. The number of esters is 1. The number of ether oxygens (including phenoxy) is 3. The van der Waals surface area contributed by atoms with Crippen LogP contribution in [0.15, 0.2) is 55.6 Å². The lowest BCUT2D eigenvalue weighted by Crippen LogP contribution is -2.60. The monoisotopic (exact) mass is 708 g/mol. The first-order valence-electron chi connectivity index (χ1n) is 18.4. The summed E-state index contributed by atoms with van der Waals surface area (Å²) in [5.41, 5.74) is -0.539. The lowest BCUT2D eigenvalue weighted by Gasteiger charge is -2.40. The highest BCUT2D eigenvalue weighted by atomic mass is 16.6. The second-order valence-electron chi connectivity index (χ2n) is 14.7. The van der Waals surface area contributed by atoms with Gasteiger partial charge in [0.05, 0.1) is 49.8 Å². The number of allylic oxidation sites excluding steroid dienone is 1. The van der Waals surface area contributed by atoms with Gasteiger partial charge in [-0.25, -0.2) is 0 Å². The largest absolute Gasteiger partial charge is 0.455 e. The number of hydrogen-bond donors (Lipinski definition) is 1. The summed E-state index contributed by atoms with van der Waals surface area (Å²) in [6.45, 7) is 17.1. The average molecular weight is 709 g/mol. The molecule has 5 rings (SSSR count). The van der Waals surface area contributed by atoms with Gasteiger partial charge in [-0.15, -0.1) is 13.2 Å². The third-order valence-corrected chi connectivity index (χ3v) is 11.4. The van der Waals surface area contributed by atoms with E-state index in [0.717, 1.165) is 13.1 Å². The van der Waals surface area contributed by atoms with E-state index in [1.165, 1.54) is 4.90 Å². The molecule has 12 nitrogen and oxygen atoms in total. The first kappa shape index (κ1) is 38.6. The maximum Gasteiger partial charge on any atom is 0.313 e. The molecule has 12 heteroatoms. The highest BCUT2D eigenvalue weighted by Crippen LogP contribution is 2.59. The van der Waals surface area contributed by atoms with E-state index in [-0.39, 0.29) is 43.2 Å². The quantitative estimate of drug-likeness (QED) is 0.192. The zero-order valence-electron chi connectivity index (χ0n) is 30.7. The lowest BCUT2D eigenvalue weighted by molar-refractivity contribution is -0.165. The van der Waals surface area contributed by atoms with Crippen LogP contribution in [0.2, 0.25) is 0 Å². The number of morpholine rings is 1. The van der Waals surface area contributed by atoms with Gasteiger partial charge in [-0.1, -0.05) is 56.3 Å². The first-order valence-corrected chi connectivity index (χ1v) is 18.4. The van der Waals surface area contributed by atoms with E-state index in [0.29, 0.717) is 51.1 Å². The van der Waals surface area contributed by atoms with Gasteiger partial charge < -0.3 is 34.0 Å². The molecule has 1 aromatic carbocycles. The normalized spacial score (nSPS) is 27.5. The number of aliphatic hydroxyl groups excluding tert-OH is 1. The number of likely N-dealkylation sites (N-methyl/N-ethyl adjacent to an activating group) is 1. The minimum Gasteiger partial charge on any atom is -0.455 e. The third-order valence-electron chi connectivity index (χ3n) is 11.4. The molecule has 0 aromatic heterocycles. The molecule has 4 aliphatic heterocycles. The standard InChI is InChI=1S/C39H56N4O8/c1-7-9-15-31(45)40(6)27(5)34(28-13-11-10-12-14-28)50-38(48)32-30-16-17-39(51-30)33(32)36(46)43(29(25-44)26(3)4)35(39)37(47)42(18-8-2)20-19-41-21-23-49-24-22-41/h7-8,10-14,26-27,29-30,32-35,44H,1-2,9,15-25H2,3-6H3/t27-,29-,30-,32+,33+,34+,35-,39+/m0/s1. The van der Waals surface area contributed by atoms with Gasteiger partial charge in [-0.2, -0.15) is 0 Å². The lowest BCUT2D eigenvalue weighted by atomic mass is 9.70. The molecule has 1 N–H and O–H groups in total. The SMILES string of the molecule is C=CCCC(=O)N(C)[C@@H](C)[C@@H](OC(=O)[C@@H]1[C@@H]2CC[C@]3(O2)[C@H](C(=O)N(CC=C)CCN2CCOCC2)N([C@@H](CO)C(C)C)C(=O)[C@@H]13)c1ccccc1. The van der Waals surface area contributed by atoms with Crippen LogP contribution in [0.3, 0.4) is 0 Å². The van der Waals surface area contributed by atoms with Gasteiger partial charge in [-0.05, 0) is 37.7 Å². The molecule has 4 fully saturated rings. The van der Waals surface area contributed by atoms with E-state index in [1.807, 2.05) is 51.1 Å². The molecule has 1 aromatic rings. The van der Waals surface area contributed by atoms with Crippen LogP contribution in [-0.4, -0.2) is 138 Å². The summed E-state index contributed by atoms with van der Waals surface area (Å²) < 4.78 is 18.5. The highest BCUT2D eigenvalue weighted by Gasteiger charge is 2.76. The Balaban J connectivity index is 1.46. The number of fused-ring (bicyclic) bond motifs is 1. The topological polar surface area (TPSA) is 129 Å². The van der Waals surface area contributed by atoms with Crippen LogP contribution in [0.4, 0.5) is 0 Å². The van der Waals surface area contributed by atoms with Crippen LogP contribution in [0, 0.1) is 17.8 Å². The molecule has 3 amide bonds. The van der Waals surface area contributed by atoms with E-state index in [1.54, 1.807) is 29.0 Å². The number of carbonyl (C=O) groups excluding carboxylic acids is 4. The number of benzene rings is 1. The van der Waals surface area contributed by atoms with Crippen LogP contribution in [-0.2, 0) is 33.4 Å². The Hall–Kier alpha value is -3.58. The van der Waals surface area contributed by atoms with E-state index in [4.69, 9.17) is 14.2 Å². The fraction of sp³-hybridized carbons (Fsp3) is 0.641. The van der Waals surface area contributed by atoms with Gasteiger partial charge in [0.1, 0.15) is 17.7 Å². The summed E-state index contributed by atoms with van der Waals surface area (Å²) in [6, 6.07) is 7.06. The molecule has 0 saturated carbocycles. The molecular formula is C39H56N4O8. The second kappa shape index (κ2) is 16.8. The number of nitrogens with zero attached hydrogens (tertiary/aromatic N) is 4. The van der Waals surface area contributed by atoms with Crippen molar-refractivity contribution in [2.45, 2.75) is 82.4 Å². The zero-order valence-corrected chi connectivity index (χ0v) is 30.7. The van der Waals surface area contributed by atoms with Crippen LogP contribution in [0.25, 0.3) is 0 Å². The van der Waals surface area contributed by atoms with Crippen molar-refractivity contribution in [3.63, 3.8) is 0 Å². The van der Waals surface area contributed by atoms with Gasteiger partial charge in [0.15, 0.2) is 0 Å². The van der Waals surface area contributed by atoms with E-state index < -0.39 is 53.7 Å². The van der Waals surface area contributed by atoms with Crippen molar-refractivity contribution < 1.29 is 38.5 Å². The molecule has 51 heavy (non-hydrogen) atoms. The molecule has 8 atom stereocenters. The minimum atomic E-state index is -1.26. The predicted octanol–water partition coefficient (Wildman–Crippen LogP) is 2.82. The smallest absolute Gasteiger partial charge is 0.313 e. The summed E-state index contributed by atoms with van der Waals surface area (Å²) in [4.78, 5) is 64.1. The number of rotatable bonds is 17. The summed E-state index contributed by atoms with van der Waals surface area (Å²) >= 11 is 0. The van der Waals surface area contributed by atoms with Crippen molar-refractivity contribution in [3.05, 3.63) is 61.2 Å². The molecule has 4 aliphatic rings. The van der Waals surface area contributed by atoms with Gasteiger partial charge >= 0.3 is 5.97 Å². The molecular weight excluding hydrogens is 652 g/mol. The van der Waals surface area contributed by atoms with Crippen molar-refractivity contribution in [2.24, 2.45) is 17.8 Å². The number of aliphatic hydroxyl groups is 1. The number of amides is 3. The van der Waals surface area contributed by atoms with Crippen LogP contribution in [0.1, 0.15) is 58.1 Å². The van der Waals surface area contributed by atoms with E-state index in [2.05, 4.69) is 18.1 Å². The summed E-state index contributed by atoms with van der Waals surface area (Å²) in [6.07, 6.45) is 3.64. The number of likely N-dealkylation sites (tertiary alicyclic amines) is 1. The van der Waals surface area contributed by atoms with Gasteiger partial charge in [0.25, 0.3) is 0 Å². The second-order valence-corrected chi connectivity index (χ2v) is 14.7. The Bertz CT molecular complexity index is 1420. The first-order chi connectivity index (χ1) is 24.5. The summed E-state index contributed by atoms with van der Waals surface area (Å²) in [5.74, 6) is -3.45. The Labute approximate surface area is 302 Å². The Morgan fingerprint density at radius 2 is 1.82 bits per heavy atom. The van der Waals surface area contributed by atoms with Crippen LogP contribution >= 0.6 is 0 Å². The Kier molecular flexibility index (Phi) is 12.8. The van der Waals surface area contributed by atoms with Gasteiger partial charge in [-0.3, -0.25) is 24.1 Å². The summed E-state index contributed by atoms with van der Waals surface area (Å²) in [7, 11) is 1.69. The number of hydrogen-bond acceptors (Lipinski definition) is 9. The molecule has 280 valence electrons. The minimum absolute atomic E-state index is 0.106. The highest BCUT2D eigenvalue weighted by molar-refractivity contribution is 5.98.